The van der Waals surface area contributed by atoms with Gasteiger partial charge in [-0.3, -0.25) is 9.59 Å². The molecule has 8 heteroatoms. The van der Waals surface area contributed by atoms with Crippen LogP contribution in [0.3, 0.4) is 0 Å². The van der Waals surface area contributed by atoms with E-state index in [4.69, 9.17) is 4.74 Å². The van der Waals surface area contributed by atoms with Gasteiger partial charge in [0.05, 0.1) is 5.56 Å². The Kier molecular flexibility index (Phi) is 5.79. The Morgan fingerprint density at radius 1 is 1.11 bits per heavy atom. The van der Waals surface area contributed by atoms with Crippen LogP contribution in [-0.2, 0) is 9.59 Å². The first-order valence-electron chi connectivity index (χ1n) is 8.55. The molecule has 1 aliphatic rings. The molecule has 0 radical (unpaired) electrons. The molecule has 0 fully saturated rings. The van der Waals surface area contributed by atoms with E-state index >= 15 is 0 Å². The number of esters is 1. The number of benzene rings is 2. The molecule has 1 N–H and O–H groups in total. The van der Waals surface area contributed by atoms with Crippen molar-refractivity contribution < 1.29 is 19.1 Å². The number of ether oxygens (including phenoxy) is 1. The third-order valence-corrected chi connectivity index (χ3v) is 4.96. The van der Waals surface area contributed by atoms with Gasteiger partial charge < -0.3 is 10.1 Å². The highest BCUT2D eigenvalue weighted by Crippen LogP contribution is 2.39. The van der Waals surface area contributed by atoms with E-state index in [1.165, 1.54) is 30.6 Å². The van der Waals surface area contributed by atoms with Gasteiger partial charge >= 0.3 is 5.97 Å². The maximum atomic E-state index is 12.4. The molecule has 0 saturated carbocycles. The van der Waals surface area contributed by atoms with Crippen LogP contribution in [0.5, 0.6) is 5.75 Å². The second-order valence-electron chi connectivity index (χ2n) is 6.25. The number of hydrogen-bond donors (Lipinski definition) is 1. The fourth-order valence-corrected chi connectivity index (χ4v) is 3.78. The SMILES string of the molecule is CC(=O)NC1=NN(C(C)=O)[C@H](c2cccc(OC(=O)c3cccc(C)c3)c2)S1. The van der Waals surface area contributed by atoms with Gasteiger partial charge in [0.15, 0.2) is 5.17 Å². The predicted octanol–water partition coefficient (Wildman–Crippen LogP) is 3.22. The number of amidine groups is 1. The number of carbonyl (C=O) groups excluding carboxylic acids is 3. The molecule has 1 aliphatic heterocycles. The molecule has 2 amide bonds. The minimum atomic E-state index is -0.461. The van der Waals surface area contributed by atoms with Crippen LogP contribution in [0.4, 0.5) is 0 Å². The number of aryl methyl sites for hydroxylation is 1. The van der Waals surface area contributed by atoms with Crippen LogP contribution in [0, 0.1) is 6.92 Å². The Morgan fingerprint density at radius 3 is 2.54 bits per heavy atom. The molecule has 2 aromatic rings. The molecule has 144 valence electrons. The largest absolute Gasteiger partial charge is 0.423 e. The van der Waals surface area contributed by atoms with Crippen LogP contribution in [0.1, 0.15) is 40.7 Å². The summed E-state index contributed by atoms with van der Waals surface area (Å²) in [4.78, 5) is 35.6. The Balaban J connectivity index is 1.80. The van der Waals surface area contributed by atoms with E-state index in [1.807, 2.05) is 19.1 Å². The molecule has 0 spiro atoms. The summed E-state index contributed by atoms with van der Waals surface area (Å²) in [6, 6.07) is 14.0. The minimum Gasteiger partial charge on any atom is -0.423 e. The Hall–Kier alpha value is -3.13. The molecule has 3 rings (SSSR count). The van der Waals surface area contributed by atoms with Crippen molar-refractivity contribution in [3.63, 3.8) is 0 Å². The molecule has 1 atom stereocenters. The van der Waals surface area contributed by atoms with Gasteiger partial charge in [0.25, 0.3) is 0 Å². The van der Waals surface area contributed by atoms with Crippen LogP contribution in [-0.4, -0.2) is 28.0 Å². The standard InChI is InChI=1S/C20H19N3O4S/c1-12-6-4-8-16(10-12)19(26)27-17-9-5-7-15(11-17)18-23(14(3)25)22-20(28-18)21-13(2)24/h4-11,18H,1-3H3,(H,21,22,24)/t18-/m0/s1. The summed E-state index contributed by atoms with van der Waals surface area (Å²) in [5.41, 5.74) is 2.14. The number of rotatable bonds is 3. The summed E-state index contributed by atoms with van der Waals surface area (Å²) in [6.07, 6.45) is 0. The monoisotopic (exact) mass is 397 g/mol. The lowest BCUT2D eigenvalue weighted by Gasteiger charge is -2.19. The highest BCUT2D eigenvalue weighted by Gasteiger charge is 2.32. The van der Waals surface area contributed by atoms with E-state index in [2.05, 4.69) is 10.4 Å². The summed E-state index contributed by atoms with van der Waals surface area (Å²) < 4.78 is 5.48. The maximum absolute atomic E-state index is 12.4. The molecule has 2 aromatic carbocycles. The van der Waals surface area contributed by atoms with Crippen LogP contribution < -0.4 is 10.1 Å². The van der Waals surface area contributed by atoms with E-state index in [-0.39, 0.29) is 11.8 Å². The van der Waals surface area contributed by atoms with Crippen molar-refractivity contribution in [1.29, 1.82) is 0 Å². The number of hydrazone groups is 1. The van der Waals surface area contributed by atoms with Gasteiger partial charge in [-0.2, -0.15) is 0 Å². The first-order chi connectivity index (χ1) is 13.3. The minimum absolute atomic E-state index is 0.264. The summed E-state index contributed by atoms with van der Waals surface area (Å²) in [6.45, 7) is 4.67. The van der Waals surface area contributed by atoms with Gasteiger partial charge in [-0.1, -0.05) is 41.6 Å². The normalized spacial score (nSPS) is 15.8. The molecular weight excluding hydrogens is 378 g/mol. The second-order valence-corrected chi connectivity index (χ2v) is 7.32. The quantitative estimate of drug-likeness (QED) is 0.635. The Labute approximate surface area is 166 Å². The highest BCUT2D eigenvalue weighted by molar-refractivity contribution is 8.14. The maximum Gasteiger partial charge on any atom is 0.343 e. The number of amides is 2. The number of hydrogen-bond acceptors (Lipinski definition) is 6. The molecule has 1 heterocycles. The smallest absolute Gasteiger partial charge is 0.343 e. The van der Waals surface area contributed by atoms with Crippen LogP contribution in [0.25, 0.3) is 0 Å². The van der Waals surface area contributed by atoms with Gasteiger partial charge in [0.1, 0.15) is 11.1 Å². The average Bonchev–Trinajstić information content (AvgIpc) is 3.05. The van der Waals surface area contributed by atoms with E-state index in [0.717, 1.165) is 11.1 Å². The topological polar surface area (TPSA) is 88.1 Å². The number of nitrogens with zero attached hydrogens (tertiary/aromatic N) is 2. The number of carbonyl (C=O) groups is 3. The molecule has 0 saturated heterocycles. The van der Waals surface area contributed by atoms with Crippen LogP contribution in [0.15, 0.2) is 53.6 Å². The first kappa shape index (κ1) is 19.6. The van der Waals surface area contributed by atoms with E-state index < -0.39 is 11.3 Å². The summed E-state index contributed by atoms with van der Waals surface area (Å²) in [7, 11) is 0. The molecule has 0 unspecified atom stereocenters. The lowest BCUT2D eigenvalue weighted by molar-refractivity contribution is -0.129. The molecule has 28 heavy (non-hydrogen) atoms. The van der Waals surface area contributed by atoms with Crippen LogP contribution >= 0.6 is 11.8 Å². The third-order valence-electron chi connectivity index (χ3n) is 3.86. The van der Waals surface area contributed by atoms with Crippen molar-refractivity contribution in [3.05, 3.63) is 65.2 Å². The van der Waals surface area contributed by atoms with Crippen molar-refractivity contribution in [2.45, 2.75) is 26.1 Å². The average molecular weight is 397 g/mol. The highest BCUT2D eigenvalue weighted by atomic mass is 32.2. The van der Waals surface area contributed by atoms with Crippen molar-refractivity contribution in [3.8, 4) is 5.75 Å². The fourth-order valence-electron chi connectivity index (χ4n) is 2.65. The summed E-state index contributed by atoms with van der Waals surface area (Å²) in [5, 5.41) is 7.92. The number of thioether (sulfide) groups is 1. The summed E-state index contributed by atoms with van der Waals surface area (Å²) in [5.74, 6) is -0.629. The lowest BCUT2D eigenvalue weighted by Crippen LogP contribution is -2.25. The first-order valence-corrected chi connectivity index (χ1v) is 9.43. The zero-order valence-electron chi connectivity index (χ0n) is 15.6. The molecule has 0 aromatic heterocycles. The van der Waals surface area contributed by atoms with Gasteiger partial charge in [-0.05, 0) is 36.8 Å². The summed E-state index contributed by atoms with van der Waals surface area (Å²) >= 11 is 1.24. The molecular formula is C20H19N3O4S. The van der Waals surface area contributed by atoms with Gasteiger partial charge in [0, 0.05) is 13.8 Å². The Bertz CT molecular complexity index is 973. The molecule has 0 bridgehead atoms. The zero-order chi connectivity index (χ0) is 20.3. The van der Waals surface area contributed by atoms with Crippen molar-refractivity contribution >= 4 is 34.7 Å². The van der Waals surface area contributed by atoms with Gasteiger partial charge in [-0.15, -0.1) is 5.10 Å². The third kappa shape index (κ3) is 4.58. The molecule has 0 aliphatic carbocycles. The van der Waals surface area contributed by atoms with Crippen molar-refractivity contribution in [2.24, 2.45) is 5.10 Å². The van der Waals surface area contributed by atoms with Gasteiger partial charge in [0.2, 0.25) is 11.8 Å². The lowest BCUT2D eigenvalue weighted by atomic mass is 10.1. The number of nitrogens with one attached hydrogen (secondary N) is 1. The van der Waals surface area contributed by atoms with Crippen molar-refractivity contribution in [1.82, 2.24) is 10.3 Å². The zero-order valence-corrected chi connectivity index (χ0v) is 16.4. The van der Waals surface area contributed by atoms with E-state index in [9.17, 15) is 14.4 Å². The Morgan fingerprint density at radius 2 is 1.86 bits per heavy atom. The van der Waals surface area contributed by atoms with Crippen molar-refractivity contribution in [2.75, 3.05) is 0 Å². The molecule has 7 nitrogen and oxygen atoms in total. The predicted molar refractivity (Wildman–Crippen MR) is 107 cm³/mol. The van der Waals surface area contributed by atoms with E-state index in [0.29, 0.717) is 16.5 Å². The second kappa shape index (κ2) is 8.26. The fraction of sp³-hybridized carbons (Fsp3) is 0.200. The van der Waals surface area contributed by atoms with E-state index in [1.54, 1.807) is 36.4 Å². The van der Waals surface area contributed by atoms with Gasteiger partial charge in [-0.25, -0.2) is 9.80 Å². The van der Waals surface area contributed by atoms with Crippen LogP contribution in [0.2, 0.25) is 0 Å².